The summed E-state index contributed by atoms with van der Waals surface area (Å²) in [7, 11) is 0. The molecule has 2 heteroatoms. The van der Waals surface area contributed by atoms with Crippen molar-refractivity contribution in [2.24, 2.45) is 15.4 Å². The monoisotopic (exact) mass is 330 g/mol. The van der Waals surface area contributed by atoms with Gasteiger partial charge in [-0.1, -0.05) is 68.8 Å². The van der Waals surface area contributed by atoms with Crippen molar-refractivity contribution in [1.82, 2.24) is 0 Å². The molecule has 2 nitrogen and oxygen atoms in total. The third kappa shape index (κ3) is 3.48. The molecular weight excluding hydrogens is 304 g/mol. The maximum Gasteiger partial charge on any atom is 0.135 e. The number of hydrogen-bond acceptors (Lipinski definition) is 2. The van der Waals surface area contributed by atoms with Gasteiger partial charge in [-0.05, 0) is 32.4 Å². The molecule has 0 saturated heterocycles. The molecule has 0 fully saturated rings. The summed E-state index contributed by atoms with van der Waals surface area (Å²) in [5, 5.41) is 0. The van der Waals surface area contributed by atoms with Crippen LogP contribution in [-0.4, -0.2) is 11.5 Å². The lowest BCUT2D eigenvalue weighted by atomic mass is 9.91. The number of benzene rings is 2. The van der Waals surface area contributed by atoms with Crippen LogP contribution in [0.1, 0.15) is 51.3 Å². The maximum atomic E-state index is 5.07. The van der Waals surface area contributed by atoms with Crippen LogP contribution in [-0.2, 0) is 0 Å². The van der Waals surface area contributed by atoms with Crippen LogP contribution in [0.2, 0.25) is 0 Å². The van der Waals surface area contributed by atoms with E-state index in [1.807, 2.05) is 6.07 Å². The third-order valence-electron chi connectivity index (χ3n) is 4.32. The minimum Gasteiger partial charge on any atom is -0.232 e. The van der Waals surface area contributed by atoms with Crippen LogP contribution < -0.4 is 0 Å². The molecule has 1 aliphatic heterocycles. The summed E-state index contributed by atoms with van der Waals surface area (Å²) < 4.78 is 0. The van der Waals surface area contributed by atoms with Gasteiger partial charge in [0.05, 0.1) is 11.4 Å². The summed E-state index contributed by atoms with van der Waals surface area (Å²) in [5.74, 6) is 0.870. The fraction of sp³-hybridized carbons (Fsp3) is 0.304. The zero-order valence-electron chi connectivity index (χ0n) is 16.0. The minimum absolute atomic E-state index is 0.127. The molecule has 0 aromatic heterocycles. The molecule has 128 valence electrons. The van der Waals surface area contributed by atoms with Crippen LogP contribution in [0.5, 0.6) is 0 Å². The lowest BCUT2D eigenvalue weighted by Crippen LogP contribution is -2.20. The van der Waals surface area contributed by atoms with Crippen LogP contribution >= 0.6 is 0 Å². The van der Waals surface area contributed by atoms with Gasteiger partial charge >= 0.3 is 0 Å². The van der Waals surface area contributed by atoms with Crippen molar-refractivity contribution in [1.29, 1.82) is 0 Å². The highest BCUT2D eigenvalue weighted by Gasteiger charge is 2.26. The Morgan fingerprint density at radius 1 is 0.880 bits per heavy atom. The average Bonchev–Trinajstić information content (AvgIpc) is 2.71. The van der Waals surface area contributed by atoms with Crippen molar-refractivity contribution in [2.45, 2.75) is 41.5 Å². The number of hydrogen-bond donors (Lipinski definition) is 0. The second-order valence-electron chi connectivity index (χ2n) is 7.91. The summed E-state index contributed by atoms with van der Waals surface area (Å²) in [5.41, 5.74) is 7.83. The predicted octanol–water partition coefficient (Wildman–Crippen LogP) is 6.37. The first-order valence-corrected chi connectivity index (χ1v) is 8.79. The zero-order chi connectivity index (χ0) is 18.2. The summed E-state index contributed by atoms with van der Waals surface area (Å²) in [6, 6.07) is 16.9. The molecule has 0 unspecified atom stereocenters. The van der Waals surface area contributed by atoms with Crippen molar-refractivity contribution >= 4 is 22.8 Å². The molecule has 0 amide bonds. The van der Waals surface area contributed by atoms with Gasteiger partial charge in [0.25, 0.3) is 0 Å². The van der Waals surface area contributed by atoms with Crippen molar-refractivity contribution < 1.29 is 0 Å². The van der Waals surface area contributed by atoms with Gasteiger partial charge in [0.15, 0.2) is 0 Å². The Hall–Kier alpha value is -2.48. The topological polar surface area (TPSA) is 24.7 Å². The molecular formula is C23H26N2. The average molecular weight is 330 g/mol. The molecule has 2 aromatic rings. The van der Waals surface area contributed by atoms with Crippen molar-refractivity contribution in [3.05, 3.63) is 70.8 Å². The molecule has 0 radical (unpaired) electrons. The molecule has 3 rings (SSSR count). The Labute approximate surface area is 151 Å². The molecule has 0 aliphatic carbocycles. The quantitative estimate of drug-likeness (QED) is 0.580. The van der Waals surface area contributed by atoms with Crippen molar-refractivity contribution in [3.63, 3.8) is 0 Å². The fourth-order valence-electron chi connectivity index (χ4n) is 3.02. The highest BCUT2D eigenvalue weighted by Crippen LogP contribution is 2.37. The van der Waals surface area contributed by atoms with Crippen molar-refractivity contribution in [2.75, 3.05) is 0 Å². The molecule has 0 spiro atoms. The summed E-state index contributed by atoms with van der Waals surface area (Å²) in [6.45, 7) is 12.9. The van der Waals surface area contributed by atoms with Gasteiger partial charge in [-0.3, -0.25) is 0 Å². The third-order valence-corrected chi connectivity index (χ3v) is 4.32. The molecule has 0 N–H and O–H groups in total. The highest BCUT2D eigenvalue weighted by molar-refractivity contribution is 6.36. The van der Waals surface area contributed by atoms with Gasteiger partial charge in [-0.2, -0.15) is 0 Å². The lowest BCUT2D eigenvalue weighted by molar-refractivity contribution is 0.586. The fourth-order valence-corrected chi connectivity index (χ4v) is 3.02. The second-order valence-corrected chi connectivity index (χ2v) is 7.91. The van der Waals surface area contributed by atoms with Crippen LogP contribution in [0.15, 0.2) is 64.1 Å². The second kappa shape index (κ2) is 6.44. The summed E-state index contributed by atoms with van der Waals surface area (Å²) in [4.78, 5) is 10.0. The zero-order valence-corrected chi connectivity index (χ0v) is 16.0. The van der Waals surface area contributed by atoms with Crippen LogP contribution in [0, 0.1) is 12.3 Å². The maximum absolute atomic E-state index is 5.07. The van der Waals surface area contributed by atoms with Gasteiger partial charge in [-0.15, -0.1) is 0 Å². The number of amidine groups is 1. The Morgan fingerprint density at radius 2 is 1.56 bits per heavy atom. The number of aryl methyl sites for hydroxylation is 1. The van der Waals surface area contributed by atoms with Gasteiger partial charge < -0.3 is 0 Å². The highest BCUT2D eigenvalue weighted by atomic mass is 15.0. The normalized spacial score (nSPS) is 14.4. The molecule has 1 aliphatic rings. The first-order valence-electron chi connectivity index (χ1n) is 8.79. The van der Waals surface area contributed by atoms with Crippen molar-refractivity contribution in [3.8, 4) is 0 Å². The SMILES string of the molecule is CC(C)=C1C(c2ccccc2)=NC(C(C)(C)C)=Nc2cc(C)ccc21. The number of fused-ring (bicyclic) bond motifs is 1. The molecule has 0 saturated carbocycles. The van der Waals surface area contributed by atoms with E-state index in [0.717, 1.165) is 28.4 Å². The summed E-state index contributed by atoms with van der Waals surface area (Å²) in [6.07, 6.45) is 0. The van der Waals surface area contributed by atoms with Gasteiger partial charge in [0, 0.05) is 22.1 Å². The van der Waals surface area contributed by atoms with E-state index in [4.69, 9.17) is 9.98 Å². The predicted molar refractivity (Wildman–Crippen MR) is 109 cm³/mol. The Balaban J connectivity index is 2.37. The smallest absolute Gasteiger partial charge is 0.135 e. The van der Waals surface area contributed by atoms with E-state index in [-0.39, 0.29) is 5.41 Å². The number of rotatable bonds is 1. The number of allylic oxidation sites excluding steroid dienone is 2. The number of aliphatic imine (C=N–C) groups is 2. The molecule has 1 heterocycles. The van der Waals surface area contributed by atoms with Crippen LogP contribution in [0.25, 0.3) is 5.57 Å². The van der Waals surface area contributed by atoms with E-state index in [2.05, 4.69) is 84.0 Å². The largest absolute Gasteiger partial charge is 0.232 e. The molecule has 25 heavy (non-hydrogen) atoms. The molecule has 0 atom stereocenters. The van der Waals surface area contributed by atoms with Gasteiger partial charge in [0.1, 0.15) is 5.84 Å². The Kier molecular flexibility index (Phi) is 4.47. The van der Waals surface area contributed by atoms with E-state index < -0.39 is 0 Å². The van der Waals surface area contributed by atoms with E-state index in [0.29, 0.717) is 0 Å². The van der Waals surface area contributed by atoms with Gasteiger partial charge in [-0.25, -0.2) is 9.98 Å². The van der Waals surface area contributed by atoms with E-state index in [9.17, 15) is 0 Å². The molecule has 2 aromatic carbocycles. The standard InChI is InChI=1S/C23H26N2/c1-15(2)20-18-13-12-16(3)14-19(18)24-22(23(4,5)6)25-21(20)17-10-8-7-9-11-17/h7-14H,1-6H3. The van der Waals surface area contributed by atoms with Gasteiger partial charge in [0.2, 0.25) is 0 Å². The first-order chi connectivity index (χ1) is 11.8. The van der Waals surface area contributed by atoms with E-state index in [1.165, 1.54) is 16.7 Å². The Bertz CT molecular complexity index is 887. The lowest BCUT2D eigenvalue weighted by Gasteiger charge is -2.18. The van der Waals surface area contributed by atoms with Crippen LogP contribution in [0.3, 0.4) is 0 Å². The minimum atomic E-state index is -0.127. The molecule has 0 bridgehead atoms. The number of nitrogens with zero attached hydrogens (tertiary/aromatic N) is 2. The van der Waals surface area contributed by atoms with Crippen LogP contribution in [0.4, 0.5) is 5.69 Å². The van der Waals surface area contributed by atoms with E-state index >= 15 is 0 Å². The summed E-state index contributed by atoms with van der Waals surface area (Å²) >= 11 is 0. The van der Waals surface area contributed by atoms with E-state index in [1.54, 1.807) is 0 Å². The first kappa shape index (κ1) is 17.3. The Morgan fingerprint density at radius 3 is 2.16 bits per heavy atom.